The molecule has 6 heteroatoms. The van der Waals surface area contributed by atoms with Crippen molar-refractivity contribution in [3.63, 3.8) is 0 Å². The number of hydrogen-bond acceptors (Lipinski definition) is 3. The quantitative estimate of drug-likeness (QED) is 0.882. The number of ether oxygens (including phenoxy) is 1. The molecular formula is C19H19ClN2O3. The highest BCUT2D eigenvalue weighted by atomic mass is 35.5. The molecular weight excluding hydrogens is 340 g/mol. The second-order valence-electron chi connectivity index (χ2n) is 5.91. The minimum absolute atomic E-state index is 0.112. The van der Waals surface area contributed by atoms with Crippen LogP contribution in [0.4, 0.5) is 11.4 Å². The van der Waals surface area contributed by atoms with Crippen molar-refractivity contribution >= 4 is 34.8 Å². The SMILES string of the molecule is CC(Oc1cccc(Cl)c1)C(=O)Nc1cccc(N2CCCC2=O)c1. The molecule has 1 saturated heterocycles. The van der Waals surface area contributed by atoms with E-state index in [1.807, 2.05) is 12.1 Å². The number of nitrogens with zero attached hydrogens (tertiary/aromatic N) is 1. The van der Waals surface area contributed by atoms with Crippen LogP contribution in [0.3, 0.4) is 0 Å². The Labute approximate surface area is 151 Å². The summed E-state index contributed by atoms with van der Waals surface area (Å²) < 4.78 is 5.62. The third-order valence-corrected chi connectivity index (χ3v) is 4.21. The van der Waals surface area contributed by atoms with Crippen LogP contribution in [-0.2, 0) is 9.59 Å². The summed E-state index contributed by atoms with van der Waals surface area (Å²) in [7, 11) is 0. The standard InChI is InChI=1S/C19H19ClN2O3/c1-13(25-17-8-2-5-14(20)11-17)19(24)21-15-6-3-7-16(12-15)22-10-4-9-18(22)23/h2-3,5-8,11-13H,4,9-10H2,1H3,(H,21,24). The Bertz CT molecular complexity index is 794. The van der Waals surface area contributed by atoms with Crippen molar-refractivity contribution in [2.75, 3.05) is 16.8 Å². The van der Waals surface area contributed by atoms with Crippen molar-refractivity contribution in [3.05, 3.63) is 53.6 Å². The van der Waals surface area contributed by atoms with Crippen molar-refractivity contribution in [2.45, 2.75) is 25.9 Å². The lowest BCUT2D eigenvalue weighted by atomic mass is 10.2. The number of carbonyl (C=O) groups excluding carboxylic acids is 2. The van der Waals surface area contributed by atoms with Crippen LogP contribution in [0.2, 0.25) is 5.02 Å². The predicted molar refractivity (Wildman–Crippen MR) is 98.2 cm³/mol. The van der Waals surface area contributed by atoms with E-state index < -0.39 is 6.10 Å². The van der Waals surface area contributed by atoms with Crippen molar-refractivity contribution < 1.29 is 14.3 Å². The lowest BCUT2D eigenvalue weighted by molar-refractivity contribution is -0.122. The van der Waals surface area contributed by atoms with Gasteiger partial charge in [-0.1, -0.05) is 23.7 Å². The van der Waals surface area contributed by atoms with Gasteiger partial charge in [-0.3, -0.25) is 9.59 Å². The van der Waals surface area contributed by atoms with Crippen molar-refractivity contribution in [1.29, 1.82) is 0 Å². The molecule has 130 valence electrons. The first-order valence-corrected chi connectivity index (χ1v) is 8.54. The molecule has 1 N–H and O–H groups in total. The number of carbonyl (C=O) groups is 2. The topological polar surface area (TPSA) is 58.6 Å². The Hall–Kier alpha value is -2.53. The van der Waals surface area contributed by atoms with Crippen LogP contribution in [0, 0.1) is 0 Å². The summed E-state index contributed by atoms with van der Waals surface area (Å²) >= 11 is 5.92. The number of anilines is 2. The average molecular weight is 359 g/mol. The molecule has 5 nitrogen and oxygen atoms in total. The van der Waals surface area contributed by atoms with Gasteiger partial charge < -0.3 is 15.0 Å². The summed E-state index contributed by atoms with van der Waals surface area (Å²) in [6, 6.07) is 14.2. The van der Waals surface area contributed by atoms with E-state index >= 15 is 0 Å². The van der Waals surface area contributed by atoms with Crippen LogP contribution in [0.5, 0.6) is 5.75 Å². The minimum atomic E-state index is -0.685. The van der Waals surface area contributed by atoms with Gasteiger partial charge in [0.15, 0.2) is 6.10 Å². The molecule has 25 heavy (non-hydrogen) atoms. The Morgan fingerprint density at radius 2 is 2.04 bits per heavy atom. The number of hydrogen-bond donors (Lipinski definition) is 1. The van der Waals surface area contributed by atoms with Gasteiger partial charge in [0.25, 0.3) is 5.91 Å². The van der Waals surface area contributed by atoms with Crippen LogP contribution < -0.4 is 15.0 Å². The normalized spacial score (nSPS) is 15.1. The van der Waals surface area contributed by atoms with Gasteiger partial charge >= 0.3 is 0 Å². The second-order valence-corrected chi connectivity index (χ2v) is 6.34. The fourth-order valence-corrected chi connectivity index (χ4v) is 2.89. The van der Waals surface area contributed by atoms with Gasteiger partial charge in [0, 0.05) is 29.4 Å². The first-order valence-electron chi connectivity index (χ1n) is 8.16. The Kier molecular flexibility index (Phi) is 5.24. The van der Waals surface area contributed by atoms with E-state index in [9.17, 15) is 9.59 Å². The molecule has 1 unspecified atom stereocenters. The molecule has 0 saturated carbocycles. The van der Waals surface area contributed by atoms with E-state index in [-0.39, 0.29) is 11.8 Å². The van der Waals surface area contributed by atoms with E-state index in [0.29, 0.717) is 29.4 Å². The third-order valence-electron chi connectivity index (χ3n) is 3.98. The molecule has 2 aromatic carbocycles. The van der Waals surface area contributed by atoms with Crippen LogP contribution >= 0.6 is 11.6 Å². The maximum atomic E-state index is 12.3. The summed E-state index contributed by atoms with van der Waals surface area (Å²) in [5.41, 5.74) is 1.42. The first kappa shape index (κ1) is 17.3. The summed E-state index contributed by atoms with van der Waals surface area (Å²) in [5, 5.41) is 3.37. The van der Waals surface area contributed by atoms with Crippen molar-refractivity contribution in [1.82, 2.24) is 0 Å². The van der Waals surface area contributed by atoms with E-state index in [0.717, 1.165) is 12.1 Å². The van der Waals surface area contributed by atoms with Gasteiger partial charge in [0.05, 0.1) is 0 Å². The van der Waals surface area contributed by atoms with E-state index in [4.69, 9.17) is 16.3 Å². The summed E-state index contributed by atoms with van der Waals surface area (Å²) in [6.07, 6.45) is 0.747. The maximum Gasteiger partial charge on any atom is 0.265 e. The average Bonchev–Trinajstić information content (AvgIpc) is 3.01. The van der Waals surface area contributed by atoms with Crippen LogP contribution in [-0.4, -0.2) is 24.5 Å². The molecule has 3 rings (SSSR count). The number of rotatable bonds is 5. The Morgan fingerprint density at radius 3 is 2.76 bits per heavy atom. The molecule has 2 amide bonds. The minimum Gasteiger partial charge on any atom is -0.481 e. The van der Waals surface area contributed by atoms with Gasteiger partial charge in [-0.25, -0.2) is 0 Å². The fourth-order valence-electron chi connectivity index (χ4n) is 2.71. The van der Waals surface area contributed by atoms with Crippen LogP contribution in [0.15, 0.2) is 48.5 Å². The summed E-state index contributed by atoms with van der Waals surface area (Å²) in [5.74, 6) is 0.373. The highest BCUT2D eigenvalue weighted by Gasteiger charge is 2.22. The second kappa shape index (κ2) is 7.57. The molecule has 1 atom stereocenters. The highest BCUT2D eigenvalue weighted by Crippen LogP contribution is 2.24. The molecule has 0 bridgehead atoms. The third kappa shape index (κ3) is 4.31. The lowest BCUT2D eigenvalue weighted by Gasteiger charge is -2.18. The molecule has 1 heterocycles. The molecule has 0 spiro atoms. The molecule has 1 aliphatic heterocycles. The number of nitrogens with one attached hydrogen (secondary N) is 1. The van der Waals surface area contributed by atoms with Crippen LogP contribution in [0.1, 0.15) is 19.8 Å². The van der Waals surface area contributed by atoms with Gasteiger partial charge in [-0.2, -0.15) is 0 Å². The van der Waals surface area contributed by atoms with Crippen LogP contribution in [0.25, 0.3) is 0 Å². The molecule has 1 aliphatic rings. The molecule has 1 fully saturated rings. The van der Waals surface area contributed by atoms with E-state index in [2.05, 4.69) is 5.32 Å². The Balaban J connectivity index is 1.65. The van der Waals surface area contributed by atoms with Gasteiger partial charge in [-0.15, -0.1) is 0 Å². The smallest absolute Gasteiger partial charge is 0.265 e. The van der Waals surface area contributed by atoms with Gasteiger partial charge in [0.2, 0.25) is 5.91 Å². The zero-order valence-electron chi connectivity index (χ0n) is 13.9. The molecule has 0 aromatic heterocycles. The highest BCUT2D eigenvalue weighted by molar-refractivity contribution is 6.30. The van der Waals surface area contributed by atoms with Crippen molar-refractivity contribution in [3.8, 4) is 5.75 Å². The van der Waals surface area contributed by atoms with E-state index in [1.54, 1.807) is 48.2 Å². The molecule has 0 radical (unpaired) electrons. The van der Waals surface area contributed by atoms with Gasteiger partial charge in [-0.05, 0) is 49.7 Å². The summed E-state index contributed by atoms with van der Waals surface area (Å²) in [4.78, 5) is 25.9. The van der Waals surface area contributed by atoms with E-state index in [1.165, 1.54) is 0 Å². The maximum absolute atomic E-state index is 12.3. The number of benzene rings is 2. The molecule has 0 aliphatic carbocycles. The van der Waals surface area contributed by atoms with Crippen molar-refractivity contribution in [2.24, 2.45) is 0 Å². The molecule has 2 aromatic rings. The zero-order chi connectivity index (χ0) is 17.8. The zero-order valence-corrected chi connectivity index (χ0v) is 14.6. The predicted octanol–water partition coefficient (Wildman–Crippen LogP) is 3.87. The largest absolute Gasteiger partial charge is 0.481 e. The fraction of sp³-hybridized carbons (Fsp3) is 0.263. The Morgan fingerprint density at radius 1 is 1.24 bits per heavy atom. The summed E-state index contributed by atoms with van der Waals surface area (Å²) in [6.45, 7) is 2.38. The number of amides is 2. The number of halogens is 1. The lowest BCUT2D eigenvalue weighted by Crippen LogP contribution is -2.30. The van der Waals surface area contributed by atoms with Gasteiger partial charge in [0.1, 0.15) is 5.75 Å². The first-order chi connectivity index (χ1) is 12.0. The monoisotopic (exact) mass is 358 g/mol.